The van der Waals surface area contributed by atoms with E-state index in [0.717, 1.165) is 12.5 Å². The molecule has 0 radical (unpaired) electrons. The van der Waals surface area contributed by atoms with Crippen LogP contribution in [0.4, 0.5) is 0 Å². The van der Waals surface area contributed by atoms with Crippen molar-refractivity contribution in [3.8, 4) is 0 Å². The Kier molecular flexibility index (Phi) is 0.908. The Balaban J connectivity index is 2.02. The van der Waals surface area contributed by atoms with Gasteiger partial charge in [0.1, 0.15) is 0 Å². The average Bonchev–Trinajstić information content (AvgIpc) is 2.49. The molecule has 0 aromatic carbocycles. The van der Waals surface area contributed by atoms with Crippen molar-refractivity contribution in [3.05, 3.63) is 11.6 Å². The first-order chi connectivity index (χ1) is 3.97. The van der Waals surface area contributed by atoms with Gasteiger partial charge in [0.25, 0.3) is 0 Å². The highest BCUT2D eigenvalue weighted by atomic mass is 14.9. The van der Waals surface area contributed by atoms with Gasteiger partial charge in [0.2, 0.25) is 0 Å². The fourth-order valence-electron chi connectivity index (χ4n) is 1.26. The van der Waals surface area contributed by atoms with Crippen molar-refractivity contribution in [2.75, 3.05) is 13.1 Å². The maximum atomic E-state index is 3.30. The second-order valence-electron chi connectivity index (χ2n) is 2.68. The number of nitrogens with one attached hydrogen (secondary N) is 1. The molecule has 0 bridgehead atoms. The van der Waals surface area contributed by atoms with Crippen LogP contribution in [0.1, 0.15) is 12.8 Å². The Morgan fingerprint density at radius 2 is 2.38 bits per heavy atom. The molecule has 2 aliphatic rings. The molecule has 1 heterocycles. The Morgan fingerprint density at radius 1 is 1.50 bits per heavy atom. The number of rotatable bonds is 1. The lowest BCUT2D eigenvalue weighted by Gasteiger charge is -1.92. The van der Waals surface area contributed by atoms with E-state index in [1.54, 1.807) is 5.57 Å². The minimum atomic E-state index is 0.991. The van der Waals surface area contributed by atoms with Gasteiger partial charge < -0.3 is 5.32 Å². The van der Waals surface area contributed by atoms with Gasteiger partial charge in [-0.3, -0.25) is 0 Å². The summed E-state index contributed by atoms with van der Waals surface area (Å²) < 4.78 is 0. The molecule has 0 spiro atoms. The second kappa shape index (κ2) is 1.59. The predicted octanol–water partition coefficient (Wildman–Crippen LogP) is 0.926. The molecule has 1 N–H and O–H groups in total. The summed E-state index contributed by atoms with van der Waals surface area (Å²) in [5, 5.41) is 3.30. The summed E-state index contributed by atoms with van der Waals surface area (Å²) in [6.45, 7) is 2.29. The smallest absolute Gasteiger partial charge is 0.0170 e. The Bertz CT molecular complexity index is 122. The molecular weight excluding hydrogens is 98.1 g/mol. The van der Waals surface area contributed by atoms with Crippen LogP contribution in [0.2, 0.25) is 0 Å². The topological polar surface area (TPSA) is 12.0 Å². The van der Waals surface area contributed by atoms with Crippen LogP contribution in [0.25, 0.3) is 0 Å². The monoisotopic (exact) mass is 109 g/mol. The lowest BCUT2D eigenvalue weighted by molar-refractivity contribution is 0.838. The van der Waals surface area contributed by atoms with E-state index in [4.69, 9.17) is 0 Å². The molecule has 0 saturated heterocycles. The van der Waals surface area contributed by atoms with Gasteiger partial charge >= 0.3 is 0 Å². The van der Waals surface area contributed by atoms with Gasteiger partial charge in [-0.05, 0) is 18.8 Å². The zero-order valence-electron chi connectivity index (χ0n) is 4.98. The molecule has 0 aromatic rings. The quantitative estimate of drug-likeness (QED) is 0.494. The van der Waals surface area contributed by atoms with E-state index in [0.29, 0.717) is 0 Å². The predicted molar refractivity (Wildman–Crippen MR) is 33.7 cm³/mol. The first-order valence-corrected chi connectivity index (χ1v) is 3.36. The van der Waals surface area contributed by atoms with Gasteiger partial charge in [-0.2, -0.15) is 0 Å². The van der Waals surface area contributed by atoms with Crippen molar-refractivity contribution >= 4 is 0 Å². The molecule has 8 heavy (non-hydrogen) atoms. The van der Waals surface area contributed by atoms with Crippen molar-refractivity contribution in [1.82, 2.24) is 5.32 Å². The van der Waals surface area contributed by atoms with Crippen LogP contribution in [0, 0.1) is 5.92 Å². The Labute approximate surface area is 49.8 Å². The van der Waals surface area contributed by atoms with Gasteiger partial charge in [-0.25, -0.2) is 0 Å². The summed E-state index contributed by atoms with van der Waals surface area (Å²) >= 11 is 0. The third-order valence-electron chi connectivity index (χ3n) is 1.94. The molecule has 1 aliphatic heterocycles. The van der Waals surface area contributed by atoms with Crippen LogP contribution >= 0.6 is 0 Å². The van der Waals surface area contributed by atoms with E-state index in [9.17, 15) is 0 Å². The molecule has 1 heteroatoms. The fraction of sp³-hybridized carbons (Fsp3) is 0.714. The lowest BCUT2D eigenvalue weighted by Crippen LogP contribution is -2.08. The number of hydrogen-bond acceptors (Lipinski definition) is 1. The van der Waals surface area contributed by atoms with E-state index in [-0.39, 0.29) is 0 Å². The largest absolute Gasteiger partial charge is 0.310 e. The highest BCUT2D eigenvalue weighted by Gasteiger charge is 2.26. The maximum absolute atomic E-state index is 3.30. The van der Waals surface area contributed by atoms with E-state index < -0.39 is 0 Å². The fourth-order valence-corrected chi connectivity index (χ4v) is 1.26. The number of hydrogen-bond donors (Lipinski definition) is 1. The Hall–Kier alpha value is -0.300. The highest BCUT2D eigenvalue weighted by Crippen LogP contribution is 2.36. The standard InChI is InChI=1S/C7H11N/c1-2-6(1)7-3-4-8-5-7/h3,6,8H,1-2,4-5H2. The van der Waals surface area contributed by atoms with Crippen molar-refractivity contribution in [2.24, 2.45) is 5.92 Å². The molecule has 44 valence electrons. The molecule has 0 amide bonds. The SMILES string of the molecule is C1=C(C2CC2)CNC1. The zero-order chi connectivity index (χ0) is 5.40. The normalized spacial score (nSPS) is 28.2. The van der Waals surface area contributed by atoms with Gasteiger partial charge in [-0.15, -0.1) is 0 Å². The van der Waals surface area contributed by atoms with Gasteiger partial charge in [0.15, 0.2) is 0 Å². The second-order valence-corrected chi connectivity index (χ2v) is 2.68. The molecule has 1 fully saturated rings. The summed E-state index contributed by atoms with van der Waals surface area (Å²) in [5.74, 6) is 0.991. The van der Waals surface area contributed by atoms with Gasteiger partial charge in [-0.1, -0.05) is 11.6 Å². The minimum Gasteiger partial charge on any atom is -0.310 e. The average molecular weight is 109 g/mol. The minimum absolute atomic E-state index is 0.991. The molecule has 0 atom stereocenters. The summed E-state index contributed by atoms with van der Waals surface area (Å²) in [5.41, 5.74) is 1.67. The van der Waals surface area contributed by atoms with Gasteiger partial charge in [0.05, 0.1) is 0 Å². The molecule has 0 unspecified atom stereocenters. The summed E-state index contributed by atoms with van der Waals surface area (Å²) in [6, 6.07) is 0. The molecule has 0 aromatic heterocycles. The molecule has 1 saturated carbocycles. The molecular formula is C7H11N. The van der Waals surface area contributed by atoms with E-state index in [1.165, 1.54) is 19.4 Å². The van der Waals surface area contributed by atoms with Crippen LogP contribution in [0.3, 0.4) is 0 Å². The van der Waals surface area contributed by atoms with E-state index in [2.05, 4.69) is 11.4 Å². The van der Waals surface area contributed by atoms with Crippen molar-refractivity contribution in [3.63, 3.8) is 0 Å². The third kappa shape index (κ3) is 0.671. The zero-order valence-corrected chi connectivity index (χ0v) is 4.98. The molecule has 1 aliphatic carbocycles. The summed E-state index contributed by atoms with van der Waals surface area (Å²) in [7, 11) is 0. The van der Waals surface area contributed by atoms with Crippen LogP contribution in [-0.2, 0) is 0 Å². The molecule has 2 rings (SSSR count). The van der Waals surface area contributed by atoms with Gasteiger partial charge in [0, 0.05) is 13.1 Å². The van der Waals surface area contributed by atoms with Crippen LogP contribution in [0.5, 0.6) is 0 Å². The first kappa shape index (κ1) is 4.57. The van der Waals surface area contributed by atoms with E-state index >= 15 is 0 Å². The Morgan fingerprint density at radius 3 is 2.88 bits per heavy atom. The summed E-state index contributed by atoms with van der Waals surface area (Å²) in [6.07, 6.45) is 5.25. The lowest BCUT2D eigenvalue weighted by atomic mass is 10.2. The summed E-state index contributed by atoms with van der Waals surface area (Å²) in [4.78, 5) is 0. The van der Waals surface area contributed by atoms with Crippen molar-refractivity contribution < 1.29 is 0 Å². The van der Waals surface area contributed by atoms with Crippen LogP contribution in [0.15, 0.2) is 11.6 Å². The maximum Gasteiger partial charge on any atom is 0.0170 e. The van der Waals surface area contributed by atoms with Crippen LogP contribution in [-0.4, -0.2) is 13.1 Å². The van der Waals surface area contributed by atoms with E-state index in [1.807, 2.05) is 0 Å². The molecule has 1 nitrogen and oxygen atoms in total. The first-order valence-electron chi connectivity index (χ1n) is 3.36. The van der Waals surface area contributed by atoms with Crippen molar-refractivity contribution in [1.29, 1.82) is 0 Å². The highest BCUT2D eigenvalue weighted by molar-refractivity contribution is 5.18. The van der Waals surface area contributed by atoms with Crippen LogP contribution < -0.4 is 5.32 Å². The van der Waals surface area contributed by atoms with Crippen molar-refractivity contribution in [2.45, 2.75) is 12.8 Å². The third-order valence-corrected chi connectivity index (χ3v) is 1.94.